The Morgan fingerprint density at radius 3 is 3.16 bits per heavy atom. The molecule has 1 aliphatic heterocycles. The van der Waals surface area contributed by atoms with Gasteiger partial charge in [0.05, 0.1) is 0 Å². The molecule has 0 amide bonds. The van der Waals surface area contributed by atoms with Crippen LogP contribution >= 0.6 is 12.2 Å². The molecule has 0 bridgehead atoms. The quantitative estimate of drug-likeness (QED) is 0.824. The van der Waals surface area contributed by atoms with E-state index in [0.29, 0.717) is 4.64 Å². The van der Waals surface area contributed by atoms with Crippen LogP contribution < -0.4 is 5.32 Å². The van der Waals surface area contributed by atoms with Gasteiger partial charge in [0, 0.05) is 48.7 Å². The van der Waals surface area contributed by atoms with Crippen molar-refractivity contribution in [2.75, 3.05) is 6.54 Å². The molecule has 19 heavy (non-hydrogen) atoms. The van der Waals surface area contributed by atoms with Crippen LogP contribution in [0.3, 0.4) is 0 Å². The number of pyridine rings is 1. The van der Waals surface area contributed by atoms with Crippen molar-refractivity contribution in [3.05, 3.63) is 39.9 Å². The number of hydrogen-bond acceptors (Lipinski definition) is 4. The molecule has 2 N–H and O–H groups in total. The molecular weight excluding hydrogens is 256 g/mol. The molecule has 0 unspecified atom stereocenters. The Bertz CT molecular complexity index is 663. The van der Waals surface area contributed by atoms with E-state index >= 15 is 0 Å². The van der Waals surface area contributed by atoms with Gasteiger partial charge in [-0.1, -0.05) is 19.1 Å². The normalized spacial score (nSPS) is 14.2. The summed E-state index contributed by atoms with van der Waals surface area (Å²) in [5, 5.41) is 3.33. The van der Waals surface area contributed by atoms with Gasteiger partial charge >= 0.3 is 0 Å². The van der Waals surface area contributed by atoms with E-state index < -0.39 is 0 Å². The number of aryl methyl sites for hydroxylation is 1. The standard InChI is InChI=1S/C14H16N4S/c1-2-9-7-15-5-3-10(9)13-17-12-4-6-16-8-11(12)14(19)18-13/h3,5,7,16H,2,4,6,8H2,1H3,(H,17,18,19). The van der Waals surface area contributed by atoms with E-state index in [0.717, 1.165) is 42.9 Å². The summed E-state index contributed by atoms with van der Waals surface area (Å²) >= 11 is 5.42. The van der Waals surface area contributed by atoms with Crippen LogP contribution in [0.1, 0.15) is 23.7 Å². The zero-order chi connectivity index (χ0) is 13.2. The highest BCUT2D eigenvalue weighted by Crippen LogP contribution is 2.22. The highest BCUT2D eigenvalue weighted by molar-refractivity contribution is 7.71. The topological polar surface area (TPSA) is 53.6 Å². The minimum Gasteiger partial charge on any atom is -0.343 e. The predicted molar refractivity (Wildman–Crippen MR) is 77.4 cm³/mol. The van der Waals surface area contributed by atoms with E-state index in [9.17, 15) is 0 Å². The summed E-state index contributed by atoms with van der Waals surface area (Å²) in [6.07, 6.45) is 5.61. The zero-order valence-electron chi connectivity index (χ0n) is 10.9. The van der Waals surface area contributed by atoms with Gasteiger partial charge in [-0.3, -0.25) is 4.98 Å². The minimum absolute atomic E-state index is 0.704. The van der Waals surface area contributed by atoms with E-state index in [-0.39, 0.29) is 0 Å². The molecule has 0 aromatic carbocycles. The van der Waals surface area contributed by atoms with E-state index in [1.54, 1.807) is 6.20 Å². The average molecular weight is 272 g/mol. The fourth-order valence-electron chi connectivity index (χ4n) is 2.43. The first-order chi connectivity index (χ1) is 9.29. The van der Waals surface area contributed by atoms with Crippen LogP contribution in [0.15, 0.2) is 18.5 Å². The molecule has 98 valence electrons. The van der Waals surface area contributed by atoms with Crippen molar-refractivity contribution in [1.82, 2.24) is 20.3 Å². The van der Waals surface area contributed by atoms with Crippen LogP contribution in [0.4, 0.5) is 0 Å². The van der Waals surface area contributed by atoms with Gasteiger partial charge in [-0.15, -0.1) is 0 Å². The van der Waals surface area contributed by atoms with Crippen LogP contribution in [0.25, 0.3) is 11.4 Å². The molecule has 2 aromatic heterocycles. The first-order valence-corrected chi connectivity index (χ1v) is 6.96. The number of nitrogens with one attached hydrogen (secondary N) is 2. The minimum atomic E-state index is 0.704. The van der Waals surface area contributed by atoms with Gasteiger partial charge in [0.15, 0.2) is 0 Å². The number of hydrogen-bond donors (Lipinski definition) is 2. The van der Waals surface area contributed by atoms with Gasteiger partial charge in [-0.2, -0.15) is 0 Å². The van der Waals surface area contributed by atoms with Crippen molar-refractivity contribution in [3.63, 3.8) is 0 Å². The fraction of sp³-hybridized carbons (Fsp3) is 0.357. The smallest absolute Gasteiger partial charge is 0.139 e. The van der Waals surface area contributed by atoms with Gasteiger partial charge in [0.2, 0.25) is 0 Å². The molecule has 0 fully saturated rings. The lowest BCUT2D eigenvalue weighted by Crippen LogP contribution is -2.25. The molecule has 0 aliphatic carbocycles. The van der Waals surface area contributed by atoms with Gasteiger partial charge in [-0.05, 0) is 18.1 Å². The van der Waals surface area contributed by atoms with Crippen molar-refractivity contribution in [1.29, 1.82) is 0 Å². The van der Waals surface area contributed by atoms with Crippen LogP contribution in [0.2, 0.25) is 0 Å². The van der Waals surface area contributed by atoms with Crippen molar-refractivity contribution < 1.29 is 0 Å². The van der Waals surface area contributed by atoms with Crippen molar-refractivity contribution in [3.8, 4) is 11.4 Å². The second kappa shape index (κ2) is 5.19. The predicted octanol–water partition coefficient (Wildman–Crippen LogP) is 2.41. The van der Waals surface area contributed by atoms with Crippen LogP contribution in [-0.4, -0.2) is 21.5 Å². The van der Waals surface area contributed by atoms with Crippen molar-refractivity contribution in [2.24, 2.45) is 0 Å². The summed E-state index contributed by atoms with van der Waals surface area (Å²) in [4.78, 5) is 12.2. The highest BCUT2D eigenvalue weighted by Gasteiger charge is 2.14. The molecule has 3 rings (SSSR count). The van der Waals surface area contributed by atoms with Crippen molar-refractivity contribution in [2.45, 2.75) is 26.3 Å². The first kappa shape index (κ1) is 12.4. The molecule has 0 radical (unpaired) electrons. The highest BCUT2D eigenvalue weighted by atomic mass is 32.1. The molecule has 0 spiro atoms. The van der Waals surface area contributed by atoms with E-state index in [2.05, 4.69) is 27.2 Å². The Morgan fingerprint density at radius 1 is 1.42 bits per heavy atom. The molecule has 4 nitrogen and oxygen atoms in total. The monoisotopic (exact) mass is 272 g/mol. The maximum absolute atomic E-state index is 5.42. The molecule has 0 saturated carbocycles. The maximum atomic E-state index is 5.42. The van der Waals surface area contributed by atoms with Gasteiger partial charge < -0.3 is 10.3 Å². The van der Waals surface area contributed by atoms with Crippen LogP contribution in [0.5, 0.6) is 0 Å². The van der Waals surface area contributed by atoms with Crippen LogP contribution in [-0.2, 0) is 19.4 Å². The zero-order valence-corrected chi connectivity index (χ0v) is 11.7. The summed E-state index contributed by atoms with van der Waals surface area (Å²) in [7, 11) is 0. The second-order valence-electron chi connectivity index (χ2n) is 4.66. The number of aromatic amines is 1. The summed E-state index contributed by atoms with van der Waals surface area (Å²) in [5.74, 6) is 0.866. The van der Waals surface area contributed by atoms with Crippen molar-refractivity contribution >= 4 is 12.2 Å². The lowest BCUT2D eigenvalue weighted by atomic mass is 10.1. The SMILES string of the molecule is CCc1cnccc1-c1nc(=S)c2c([nH]1)CCNC2. The summed E-state index contributed by atoms with van der Waals surface area (Å²) in [5.41, 5.74) is 4.64. The Kier molecular flexibility index (Phi) is 3.40. The maximum Gasteiger partial charge on any atom is 0.139 e. The Balaban J connectivity index is 2.16. The molecule has 1 aliphatic rings. The molecule has 3 heterocycles. The lowest BCUT2D eigenvalue weighted by Gasteiger charge is -2.18. The second-order valence-corrected chi connectivity index (χ2v) is 5.05. The number of H-pyrrole nitrogens is 1. The lowest BCUT2D eigenvalue weighted by molar-refractivity contribution is 0.624. The Morgan fingerprint density at radius 2 is 2.32 bits per heavy atom. The van der Waals surface area contributed by atoms with Gasteiger partial charge in [-0.25, -0.2) is 4.98 Å². The number of aromatic nitrogens is 3. The molecule has 0 atom stereocenters. The molecular formula is C14H16N4S. The number of nitrogens with zero attached hydrogens (tertiary/aromatic N) is 2. The van der Waals surface area contributed by atoms with E-state index in [1.807, 2.05) is 12.3 Å². The third-order valence-corrected chi connectivity index (χ3v) is 3.84. The molecule has 0 saturated heterocycles. The Labute approximate surface area is 117 Å². The van der Waals surface area contributed by atoms with E-state index in [4.69, 9.17) is 12.2 Å². The third-order valence-electron chi connectivity index (χ3n) is 3.50. The summed E-state index contributed by atoms with van der Waals surface area (Å²) in [6, 6.07) is 2.00. The van der Waals surface area contributed by atoms with Crippen LogP contribution in [0, 0.1) is 4.64 Å². The molecule has 2 aromatic rings. The Hall–Kier alpha value is -1.59. The molecule has 5 heteroatoms. The summed E-state index contributed by atoms with van der Waals surface area (Å²) in [6.45, 7) is 3.92. The largest absolute Gasteiger partial charge is 0.343 e. The fourth-order valence-corrected chi connectivity index (χ4v) is 2.72. The van der Waals surface area contributed by atoms with E-state index in [1.165, 1.54) is 11.3 Å². The number of fused-ring (bicyclic) bond motifs is 1. The summed E-state index contributed by atoms with van der Waals surface area (Å²) < 4.78 is 0.704. The average Bonchev–Trinajstić information content (AvgIpc) is 2.47. The van der Waals surface area contributed by atoms with Gasteiger partial charge in [0.1, 0.15) is 10.5 Å². The number of rotatable bonds is 2. The first-order valence-electron chi connectivity index (χ1n) is 6.55. The third kappa shape index (κ3) is 2.31. The van der Waals surface area contributed by atoms with Gasteiger partial charge in [0.25, 0.3) is 0 Å².